The molecule has 0 unspecified atom stereocenters. The van der Waals surface area contributed by atoms with Crippen molar-refractivity contribution >= 4 is 44.0 Å². The van der Waals surface area contributed by atoms with Crippen LogP contribution in [-0.4, -0.2) is 25.1 Å². The first-order valence-electron chi connectivity index (χ1n) is 10.6. The molecule has 0 saturated heterocycles. The molecule has 4 rings (SSSR count). The van der Waals surface area contributed by atoms with Crippen LogP contribution in [0.1, 0.15) is 55.7 Å². The van der Waals surface area contributed by atoms with E-state index in [4.69, 9.17) is 0 Å². The normalized spacial score (nSPS) is 15.4. The maximum absolute atomic E-state index is 13.2. The molecule has 0 saturated carbocycles. The molecule has 0 spiro atoms. The van der Waals surface area contributed by atoms with Gasteiger partial charge < -0.3 is 10.3 Å². The van der Waals surface area contributed by atoms with Gasteiger partial charge in [0.15, 0.2) is 5.78 Å². The van der Waals surface area contributed by atoms with Crippen LogP contribution in [0.15, 0.2) is 41.3 Å². The Morgan fingerprint density at radius 2 is 1.75 bits per heavy atom. The highest BCUT2D eigenvalue weighted by molar-refractivity contribution is 7.92. The minimum absolute atomic E-state index is 0.0949. The van der Waals surface area contributed by atoms with Gasteiger partial charge >= 0.3 is 0 Å². The lowest BCUT2D eigenvalue weighted by Crippen LogP contribution is -2.26. The lowest BCUT2D eigenvalue weighted by atomic mass is 9.76. The number of H-pyrrole nitrogens is 1. The largest absolute Gasteiger partial charge is 0.358 e. The van der Waals surface area contributed by atoms with Crippen LogP contribution in [0.4, 0.5) is 11.4 Å². The number of aryl methyl sites for hydroxylation is 1. The van der Waals surface area contributed by atoms with Gasteiger partial charge in [-0.25, -0.2) is 8.42 Å². The van der Waals surface area contributed by atoms with E-state index in [0.29, 0.717) is 40.9 Å². The third-order valence-corrected chi connectivity index (χ3v) is 7.22. The summed E-state index contributed by atoms with van der Waals surface area (Å²) in [5.74, 6) is -0.104. The van der Waals surface area contributed by atoms with Crippen LogP contribution < -0.4 is 10.0 Å². The minimum Gasteiger partial charge on any atom is -0.358 e. The second-order valence-corrected chi connectivity index (χ2v) is 10.8. The molecule has 1 aliphatic rings. The van der Waals surface area contributed by atoms with Crippen molar-refractivity contribution < 1.29 is 18.0 Å². The number of hydrogen-bond donors (Lipinski definition) is 3. The predicted molar refractivity (Wildman–Crippen MR) is 126 cm³/mol. The topological polar surface area (TPSA) is 108 Å². The molecular weight excluding hydrogens is 426 g/mol. The number of sulfonamides is 1. The summed E-state index contributed by atoms with van der Waals surface area (Å²) >= 11 is 0. The third kappa shape index (κ3) is 4.14. The van der Waals surface area contributed by atoms with Crippen molar-refractivity contribution in [1.82, 2.24) is 4.98 Å². The van der Waals surface area contributed by atoms with Gasteiger partial charge in [0.2, 0.25) is 5.91 Å². The maximum atomic E-state index is 13.2. The molecule has 32 heavy (non-hydrogen) atoms. The molecule has 0 aliphatic heterocycles. The fraction of sp³-hybridized carbons (Fsp3) is 0.333. The number of aromatic nitrogens is 1. The van der Waals surface area contributed by atoms with Crippen LogP contribution in [0.2, 0.25) is 0 Å². The Labute approximate surface area is 187 Å². The Morgan fingerprint density at radius 1 is 1.09 bits per heavy atom. The van der Waals surface area contributed by atoms with Crippen molar-refractivity contribution in [3.8, 4) is 0 Å². The SMILES string of the molecule is CCc1cc2c3c([nH]c2cc1S(=O)(=O)Nc1ccc(NC(C)=O)cc1)CC(C)(C)CC3=O. The van der Waals surface area contributed by atoms with E-state index in [0.717, 1.165) is 17.5 Å². The Morgan fingerprint density at radius 3 is 2.38 bits per heavy atom. The van der Waals surface area contributed by atoms with Crippen molar-refractivity contribution in [3.05, 3.63) is 53.2 Å². The molecule has 0 bridgehead atoms. The number of nitrogens with one attached hydrogen (secondary N) is 3. The fourth-order valence-corrected chi connectivity index (χ4v) is 5.78. The van der Waals surface area contributed by atoms with Crippen LogP contribution >= 0.6 is 0 Å². The standard InChI is InChI=1S/C24H27N3O4S/c1-5-15-10-18-19(26-20-12-24(3,4)13-21(29)23(18)20)11-22(15)32(30,31)27-17-8-6-16(7-9-17)25-14(2)28/h6-11,26-27H,5,12-13H2,1-4H3,(H,25,28). The first kappa shape index (κ1) is 22.1. The summed E-state index contributed by atoms with van der Waals surface area (Å²) in [7, 11) is -3.86. The summed E-state index contributed by atoms with van der Waals surface area (Å²) in [5, 5.41) is 3.44. The summed E-state index contributed by atoms with van der Waals surface area (Å²) in [6.07, 6.45) is 1.73. The number of fused-ring (bicyclic) bond motifs is 3. The van der Waals surface area contributed by atoms with Crippen molar-refractivity contribution in [2.24, 2.45) is 5.41 Å². The second kappa shape index (κ2) is 7.78. The molecule has 0 radical (unpaired) electrons. The lowest BCUT2D eigenvalue weighted by Gasteiger charge is -2.28. The third-order valence-electron chi connectivity index (χ3n) is 5.76. The molecule has 1 amide bonds. The average Bonchev–Trinajstić information content (AvgIpc) is 3.03. The van der Waals surface area contributed by atoms with Crippen LogP contribution in [0.25, 0.3) is 10.9 Å². The number of hydrogen-bond acceptors (Lipinski definition) is 4. The monoisotopic (exact) mass is 453 g/mol. The number of rotatable bonds is 5. The summed E-state index contributed by atoms with van der Waals surface area (Å²) in [6.45, 7) is 7.43. The predicted octanol–water partition coefficient (Wildman–Crippen LogP) is 4.64. The van der Waals surface area contributed by atoms with Crippen LogP contribution in [0.3, 0.4) is 0 Å². The highest BCUT2D eigenvalue weighted by atomic mass is 32.2. The molecule has 3 N–H and O–H groups in total. The number of amides is 1. The number of anilines is 2. The molecule has 1 aliphatic carbocycles. The van der Waals surface area contributed by atoms with Gasteiger partial charge in [-0.2, -0.15) is 0 Å². The van der Waals surface area contributed by atoms with Gasteiger partial charge in [0.05, 0.1) is 4.90 Å². The van der Waals surface area contributed by atoms with Gasteiger partial charge in [-0.1, -0.05) is 20.8 Å². The number of Topliss-reactive ketones (excluding diaryl/α,β-unsaturated/α-hetero) is 1. The molecule has 168 valence electrons. The fourth-order valence-electron chi connectivity index (χ4n) is 4.40. The first-order valence-corrected chi connectivity index (χ1v) is 12.1. The van der Waals surface area contributed by atoms with Gasteiger partial charge in [-0.15, -0.1) is 0 Å². The number of benzene rings is 2. The van der Waals surface area contributed by atoms with E-state index >= 15 is 0 Å². The quantitative estimate of drug-likeness (QED) is 0.523. The number of carbonyl (C=O) groups is 2. The summed E-state index contributed by atoms with van der Waals surface area (Å²) in [4.78, 5) is 27.5. The Kier molecular flexibility index (Phi) is 5.36. The summed E-state index contributed by atoms with van der Waals surface area (Å²) in [5.41, 5.74) is 3.72. The molecule has 8 heteroatoms. The van der Waals surface area contributed by atoms with Crippen molar-refractivity contribution in [2.45, 2.75) is 51.9 Å². The number of aromatic amines is 1. The Hall–Kier alpha value is -3.13. The Bertz CT molecular complexity index is 1340. The second-order valence-electron chi connectivity index (χ2n) is 9.14. The van der Waals surface area contributed by atoms with Crippen molar-refractivity contribution in [3.63, 3.8) is 0 Å². The number of ketones is 1. The van der Waals surface area contributed by atoms with E-state index in [9.17, 15) is 18.0 Å². The van der Waals surface area contributed by atoms with Gasteiger partial charge in [0.1, 0.15) is 0 Å². The summed E-state index contributed by atoms with van der Waals surface area (Å²) in [6, 6.07) is 9.92. The summed E-state index contributed by atoms with van der Waals surface area (Å²) < 4.78 is 29.1. The molecule has 2 aromatic carbocycles. The first-order chi connectivity index (χ1) is 15.0. The molecule has 0 fully saturated rings. The van der Waals surface area contributed by atoms with E-state index in [1.807, 2.05) is 13.0 Å². The highest BCUT2D eigenvalue weighted by Crippen LogP contribution is 2.39. The highest BCUT2D eigenvalue weighted by Gasteiger charge is 2.34. The van der Waals surface area contributed by atoms with E-state index < -0.39 is 10.0 Å². The van der Waals surface area contributed by atoms with Gasteiger partial charge in [0, 0.05) is 46.9 Å². The van der Waals surface area contributed by atoms with Crippen LogP contribution in [0.5, 0.6) is 0 Å². The lowest BCUT2D eigenvalue weighted by molar-refractivity contribution is -0.114. The van der Waals surface area contributed by atoms with Crippen molar-refractivity contribution in [1.29, 1.82) is 0 Å². The molecule has 1 heterocycles. The number of carbonyl (C=O) groups excluding carboxylic acids is 2. The minimum atomic E-state index is -3.86. The maximum Gasteiger partial charge on any atom is 0.262 e. The zero-order valence-corrected chi connectivity index (χ0v) is 19.4. The average molecular weight is 454 g/mol. The van der Waals surface area contributed by atoms with Gasteiger partial charge in [-0.05, 0) is 60.2 Å². The Balaban J connectivity index is 1.73. The van der Waals surface area contributed by atoms with E-state index in [1.165, 1.54) is 6.92 Å². The van der Waals surface area contributed by atoms with E-state index in [1.54, 1.807) is 30.3 Å². The molecular formula is C24H27N3O4S. The molecule has 7 nitrogen and oxygen atoms in total. The van der Waals surface area contributed by atoms with Gasteiger partial charge in [-0.3, -0.25) is 14.3 Å². The van der Waals surface area contributed by atoms with Gasteiger partial charge in [0.25, 0.3) is 10.0 Å². The molecule has 0 atom stereocenters. The van der Waals surface area contributed by atoms with Crippen LogP contribution in [0, 0.1) is 5.41 Å². The van der Waals surface area contributed by atoms with E-state index in [2.05, 4.69) is 28.9 Å². The van der Waals surface area contributed by atoms with E-state index in [-0.39, 0.29) is 22.0 Å². The zero-order chi connectivity index (χ0) is 23.3. The van der Waals surface area contributed by atoms with Crippen LogP contribution in [-0.2, 0) is 27.7 Å². The smallest absolute Gasteiger partial charge is 0.262 e. The molecule has 1 aromatic heterocycles. The zero-order valence-electron chi connectivity index (χ0n) is 18.6. The van der Waals surface area contributed by atoms with Crippen molar-refractivity contribution in [2.75, 3.05) is 10.0 Å². The molecule has 3 aromatic rings.